The van der Waals surface area contributed by atoms with Crippen molar-refractivity contribution in [1.82, 2.24) is 0 Å². The second kappa shape index (κ2) is 5.23. The third kappa shape index (κ3) is 1.80. The molecule has 5 heteroatoms. The summed E-state index contributed by atoms with van der Waals surface area (Å²) >= 11 is 0. The molecule has 2 aromatic rings. The van der Waals surface area contributed by atoms with Crippen molar-refractivity contribution >= 4 is 5.71 Å². The molecule has 0 aromatic heterocycles. The summed E-state index contributed by atoms with van der Waals surface area (Å²) in [5.74, 6) is -0.987. The largest absolute Gasteiger partial charge is 0.410 e. The lowest BCUT2D eigenvalue weighted by Crippen LogP contribution is -2.73. The molecule has 2 heterocycles. The maximum absolute atomic E-state index is 9.71. The van der Waals surface area contributed by atoms with Crippen molar-refractivity contribution in [3.05, 3.63) is 59.2 Å². The Bertz CT molecular complexity index is 1020. The van der Waals surface area contributed by atoms with Crippen LogP contribution in [0.15, 0.2) is 47.6 Å². The molecule has 0 radical (unpaired) electrons. The minimum absolute atomic E-state index is 0.221. The molecule has 3 aliphatic rings. The molecule has 1 aliphatic carbocycles. The Kier molecular flexibility index (Phi) is 3.34. The van der Waals surface area contributed by atoms with Crippen molar-refractivity contribution in [2.24, 2.45) is 16.0 Å². The van der Waals surface area contributed by atoms with Gasteiger partial charge in [-0.1, -0.05) is 76.2 Å². The first kappa shape index (κ1) is 17.9. The summed E-state index contributed by atoms with van der Waals surface area (Å²) in [7, 11) is 0. The van der Waals surface area contributed by atoms with Crippen LogP contribution in [0, 0.1) is 10.8 Å². The molecule has 2 aromatic carbocycles. The Morgan fingerprint density at radius 3 is 2.21 bits per heavy atom. The van der Waals surface area contributed by atoms with E-state index in [1.165, 1.54) is 0 Å². The maximum Gasteiger partial charge on any atom is 0.261 e. The molecule has 2 unspecified atom stereocenters. The van der Waals surface area contributed by atoms with Crippen LogP contribution < -0.4 is 0 Å². The lowest BCUT2D eigenvalue weighted by molar-refractivity contribution is -0.626. The molecule has 5 rings (SSSR count). The van der Waals surface area contributed by atoms with E-state index in [4.69, 9.17) is 14.5 Å². The van der Waals surface area contributed by atoms with Gasteiger partial charge in [0.1, 0.15) is 5.71 Å². The Balaban J connectivity index is 1.70. The van der Waals surface area contributed by atoms with Crippen LogP contribution >= 0.6 is 0 Å². The van der Waals surface area contributed by atoms with Gasteiger partial charge in [-0.25, -0.2) is 4.89 Å². The molecule has 0 spiro atoms. The average molecular weight is 379 g/mol. The summed E-state index contributed by atoms with van der Waals surface area (Å²) in [5, 5.41) is 13.3. The SMILES string of the molecule is CC(C)(C)C12OOC1(c1ccc3c(c1)/C(=N\O)c1ccccc1-3)OCC2(C)C. The first-order chi connectivity index (χ1) is 13.2. The van der Waals surface area contributed by atoms with E-state index in [0.717, 1.165) is 27.8 Å². The van der Waals surface area contributed by atoms with Crippen LogP contribution in [0.25, 0.3) is 11.1 Å². The lowest BCUT2D eigenvalue weighted by Gasteiger charge is -2.61. The Morgan fingerprint density at radius 1 is 0.929 bits per heavy atom. The topological polar surface area (TPSA) is 60.3 Å². The number of ether oxygens (including phenoxy) is 1. The fourth-order valence-electron chi connectivity index (χ4n) is 5.59. The molecule has 2 atom stereocenters. The fraction of sp³-hybridized carbons (Fsp3) is 0.435. The monoisotopic (exact) mass is 379 g/mol. The molecular weight excluding hydrogens is 354 g/mol. The lowest BCUT2D eigenvalue weighted by atomic mass is 9.57. The van der Waals surface area contributed by atoms with E-state index < -0.39 is 11.4 Å². The second-order valence-electron chi connectivity index (χ2n) is 9.64. The van der Waals surface area contributed by atoms with E-state index in [-0.39, 0.29) is 10.8 Å². The number of fused-ring (bicyclic) bond motifs is 4. The van der Waals surface area contributed by atoms with Gasteiger partial charge in [-0.05, 0) is 17.2 Å². The van der Waals surface area contributed by atoms with E-state index in [1.54, 1.807) is 0 Å². The van der Waals surface area contributed by atoms with Crippen LogP contribution in [-0.2, 0) is 20.3 Å². The average Bonchev–Trinajstić information content (AvgIpc) is 3.00. The van der Waals surface area contributed by atoms with Gasteiger partial charge >= 0.3 is 0 Å². The van der Waals surface area contributed by atoms with E-state index >= 15 is 0 Å². The predicted molar refractivity (Wildman–Crippen MR) is 105 cm³/mol. The Hall–Kier alpha value is -2.21. The van der Waals surface area contributed by atoms with Crippen molar-refractivity contribution < 1.29 is 19.7 Å². The highest BCUT2D eigenvalue weighted by Crippen LogP contribution is 2.69. The van der Waals surface area contributed by atoms with Gasteiger partial charge in [0, 0.05) is 27.5 Å². The van der Waals surface area contributed by atoms with Crippen LogP contribution in [0.5, 0.6) is 0 Å². The molecule has 5 nitrogen and oxygen atoms in total. The number of hydrogen-bond acceptors (Lipinski definition) is 5. The van der Waals surface area contributed by atoms with Crippen LogP contribution in [0.3, 0.4) is 0 Å². The summed E-state index contributed by atoms with van der Waals surface area (Å²) in [6.07, 6.45) is 0. The predicted octanol–water partition coefficient (Wildman–Crippen LogP) is 4.85. The van der Waals surface area contributed by atoms with E-state index in [1.807, 2.05) is 36.4 Å². The van der Waals surface area contributed by atoms with Crippen molar-refractivity contribution in [3.63, 3.8) is 0 Å². The van der Waals surface area contributed by atoms with Gasteiger partial charge in [0.2, 0.25) is 0 Å². The molecule has 0 bridgehead atoms. The van der Waals surface area contributed by atoms with Crippen molar-refractivity contribution in [1.29, 1.82) is 0 Å². The van der Waals surface area contributed by atoms with Crippen LogP contribution in [0.2, 0.25) is 0 Å². The first-order valence-electron chi connectivity index (χ1n) is 9.66. The number of hydrogen-bond donors (Lipinski definition) is 1. The van der Waals surface area contributed by atoms with E-state index in [0.29, 0.717) is 12.3 Å². The van der Waals surface area contributed by atoms with Gasteiger partial charge in [0.15, 0.2) is 5.60 Å². The number of oxime groups is 1. The normalized spacial score (nSPS) is 31.2. The molecule has 146 valence electrons. The molecule has 28 heavy (non-hydrogen) atoms. The third-order valence-corrected chi connectivity index (χ3v) is 6.62. The standard InChI is InChI=1S/C23H25NO4/c1-20(2,3)23-21(4,5)13-26-22(23,27-28-23)14-10-11-16-15-8-6-7-9-17(15)19(24-25)18(16)12-14/h6-12,25H,13H2,1-5H3/b24-19-. The highest BCUT2D eigenvalue weighted by atomic mass is 17.3. The smallest absolute Gasteiger partial charge is 0.261 e. The molecule has 2 saturated heterocycles. The number of rotatable bonds is 1. The van der Waals surface area contributed by atoms with E-state index in [9.17, 15) is 5.21 Å². The number of nitrogens with zero attached hydrogens (tertiary/aromatic N) is 1. The summed E-state index contributed by atoms with van der Waals surface area (Å²) in [5.41, 5.74) is 4.27. The summed E-state index contributed by atoms with van der Waals surface area (Å²) in [6, 6.07) is 14.1. The zero-order chi connectivity index (χ0) is 19.9. The fourth-order valence-corrected chi connectivity index (χ4v) is 5.59. The number of benzene rings is 2. The summed E-state index contributed by atoms with van der Waals surface area (Å²) < 4.78 is 6.33. The highest BCUT2D eigenvalue weighted by Gasteiger charge is 2.81. The minimum Gasteiger partial charge on any atom is -0.410 e. The Labute approximate surface area is 164 Å². The molecule has 2 aliphatic heterocycles. The summed E-state index contributed by atoms with van der Waals surface area (Å²) in [6.45, 7) is 11.3. The van der Waals surface area contributed by atoms with Gasteiger partial charge < -0.3 is 9.94 Å². The Morgan fingerprint density at radius 2 is 1.61 bits per heavy atom. The molecule has 1 N–H and O–H groups in total. The maximum atomic E-state index is 9.71. The van der Waals surface area contributed by atoms with Crippen LogP contribution in [0.4, 0.5) is 0 Å². The molecule has 0 saturated carbocycles. The van der Waals surface area contributed by atoms with Crippen molar-refractivity contribution in [2.75, 3.05) is 6.61 Å². The zero-order valence-electron chi connectivity index (χ0n) is 16.9. The van der Waals surface area contributed by atoms with Crippen molar-refractivity contribution in [3.8, 4) is 11.1 Å². The first-order valence-corrected chi connectivity index (χ1v) is 9.66. The van der Waals surface area contributed by atoms with Gasteiger partial charge in [-0.3, -0.25) is 0 Å². The molecule has 2 fully saturated rings. The highest BCUT2D eigenvalue weighted by molar-refractivity contribution is 6.24. The molecular formula is C23H25NO4. The summed E-state index contributed by atoms with van der Waals surface area (Å²) in [4.78, 5) is 11.7. The van der Waals surface area contributed by atoms with Crippen LogP contribution in [-0.4, -0.2) is 23.1 Å². The quantitative estimate of drug-likeness (QED) is 0.373. The zero-order valence-corrected chi connectivity index (χ0v) is 16.9. The van der Waals surface area contributed by atoms with Gasteiger partial charge in [0.25, 0.3) is 5.79 Å². The van der Waals surface area contributed by atoms with Crippen molar-refractivity contribution in [2.45, 2.75) is 46.0 Å². The van der Waals surface area contributed by atoms with E-state index in [2.05, 4.69) is 45.8 Å². The molecule has 0 amide bonds. The van der Waals surface area contributed by atoms with Gasteiger partial charge in [-0.2, -0.15) is 4.89 Å². The third-order valence-electron chi connectivity index (χ3n) is 6.62. The van der Waals surface area contributed by atoms with Crippen LogP contribution in [0.1, 0.15) is 51.3 Å². The second-order valence-corrected chi connectivity index (χ2v) is 9.64. The van der Waals surface area contributed by atoms with Gasteiger partial charge in [0.05, 0.1) is 6.61 Å². The minimum atomic E-state index is -0.987. The van der Waals surface area contributed by atoms with Gasteiger partial charge in [-0.15, -0.1) is 0 Å².